The zero-order valence-electron chi connectivity index (χ0n) is 14.4. The zero-order valence-corrected chi connectivity index (χ0v) is 15.1. The Morgan fingerprint density at radius 1 is 1.30 bits per heavy atom. The molecule has 3 heterocycles. The lowest BCUT2D eigenvalue weighted by molar-refractivity contribution is 0.237. The van der Waals surface area contributed by atoms with Crippen molar-refractivity contribution in [3.63, 3.8) is 0 Å². The number of hydrogen-bond donors (Lipinski definition) is 2. The van der Waals surface area contributed by atoms with Crippen molar-refractivity contribution in [1.82, 2.24) is 19.9 Å². The number of fused-ring (bicyclic) bond motifs is 1. The van der Waals surface area contributed by atoms with E-state index in [1.165, 1.54) is 6.20 Å². The van der Waals surface area contributed by atoms with Gasteiger partial charge < -0.3 is 10.7 Å². The molecule has 0 aliphatic carbocycles. The molecule has 0 unspecified atom stereocenters. The second-order valence-corrected chi connectivity index (χ2v) is 6.96. The first-order valence-corrected chi connectivity index (χ1v) is 8.87. The number of anilines is 1. The Morgan fingerprint density at radius 2 is 2.07 bits per heavy atom. The summed E-state index contributed by atoms with van der Waals surface area (Å²) in [5.74, 6) is -0.0202. The largest absolute Gasteiger partial charge is 0.399 e. The minimum atomic E-state index is -0.545. The molecule has 0 radical (unpaired) electrons. The van der Waals surface area contributed by atoms with Crippen LogP contribution in [0.1, 0.15) is 16.8 Å². The standard InChI is InChI=1S/C19H17ClFN5O/c20-13-7-12(17(21)23-8-13)9-26-6-5-16-15(10-26)19(27)25-18(24-16)11-1-3-14(22)4-2-11/h1-4,7-8H,5-6,9-10,22H2,(H,24,25,27). The van der Waals surface area contributed by atoms with E-state index in [1.807, 2.05) is 17.0 Å². The SMILES string of the molecule is Nc1ccc(-c2nc3c(c(=O)[nH]2)CN(Cc2cc(Cl)cnc2F)CC3)cc1. The van der Waals surface area contributed by atoms with Gasteiger partial charge >= 0.3 is 0 Å². The third kappa shape index (κ3) is 3.70. The second kappa shape index (κ2) is 7.09. The molecule has 6 nitrogen and oxygen atoms in total. The lowest BCUT2D eigenvalue weighted by atomic mass is 10.1. The molecule has 0 amide bonds. The lowest BCUT2D eigenvalue weighted by Crippen LogP contribution is -2.35. The van der Waals surface area contributed by atoms with Crippen LogP contribution in [0.3, 0.4) is 0 Å². The fourth-order valence-electron chi connectivity index (χ4n) is 3.21. The third-order valence-corrected chi connectivity index (χ3v) is 4.81. The molecule has 0 fully saturated rings. The molecule has 27 heavy (non-hydrogen) atoms. The van der Waals surface area contributed by atoms with Crippen LogP contribution in [-0.2, 0) is 19.5 Å². The van der Waals surface area contributed by atoms with Crippen LogP contribution < -0.4 is 11.3 Å². The molecule has 0 bridgehead atoms. The zero-order chi connectivity index (χ0) is 19.0. The maximum absolute atomic E-state index is 13.9. The predicted molar refractivity (Wildman–Crippen MR) is 102 cm³/mol. The number of nitrogens with one attached hydrogen (secondary N) is 1. The lowest BCUT2D eigenvalue weighted by Gasteiger charge is -2.27. The second-order valence-electron chi connectivity index (χ2n) is 6.53. The van der Waals surface area contributed by atoms with Gasteiger partial charge in [0, 0.05) is 49.1 Å². The number of hydrogen-bond acceptors (Lipinski definition) is 5. The van der Waals surface area contributed by atoms with Crippen LogP contribution in [0.2, 0.25) is 5.02 Å². The number of pyridine rings is 1. The highest BCUT2D eigenvalue weighted by Crippen LogP contribution is 2.22. The van der Waals surface area contributed by atoms with Gasteiger partial charge in [0.05, 0.1) is 16.3 Å². The van der Waals surface area contributed by atoms with E-state index < -0.39 is 5.95 Å². The predicted octanol–water partition coefficient (Wildman–Crippen LogP) is 2.76. The highest BCUT2D eigenvalue weighted by atomic mass is 35.5. The number of benzene rings is 1. The Kier molecular flexibility index (Phi) is 4.63. The summed E-state index contributed by atoms with van der Waals surface area (Å²) >= 11 is 5.91. The normalized spacial score (nSPS) is 14.1. The molecule has 3 aromatic rings. The van der Waals surface area contributed by atoms with Crippen LogP contribution in [0, 0.1) is 5.95 Å². The quantitative estimate of drug-likeness (QED) is 0.534. The summed E-state index contributed by atoms with van der Waals surface area (Å²) in [6.07, 6.45) is 1.89. The Labute approximate surface area is 159 Å². The first-order chi connectivity index (χ1) is 13.0. The Bertz CT molecular complexity index is 1050. The maximum atomic E-state index is 13.9. The van der Waals surface area contributed by atoms with Gasteiger partial charge in [-0.25, -0.2) is 9.97 Å². The van der Waals surface area contributed by atoms with E-state index in [0.717, 1.165) is 11.3 Å². The molecule has 1 aliphatic rings. The molecule has 1 aliphatic heterocycles. The molecule has 138 valence electrons. The minimum Gasteiger partial charge on any atom is -0.399 e. The number of rotatable bonds is 3. The summed E-state index contributed by atoms with van der Waals surface area (Å²) in [5.41, 5.74) is 8.77. The highest BCUT2D eigenvalue weighted by molar-refractivity contribution is 6.30. The molecule has 1 aromatic carbocycles. The van der Waals surface area contributed by atoms with Crippen LogP contribution in [0.5, 0.6) is 0 Å². The van der Waals surface area contributed by atoms with E-state index in [0.29, 0.717) is 53.7 Å². The topological polar surface area (TPSA) is 87.9 Å². The summed E-state index contributed by atoms with van der Waals surface area (Å²) in [6, 6.07) is 8.74. The molecule has 4 rings (SSSR count). The molecule has 0 spiro atoms. The maximum Gasteiger partial charge on any atom is 0.255 e. The first-order valence-electron chi connectivity index (χ1n) is 8.50. The molecule has 0 atom stereocenters. The molecule has 0 saturated heterocycles. The number of H-pyrrole nitrogens is 1. The first kappa shape index (κ1) is 17.6. The van der Waals surface area contributed by atoms with E-state index in [2.05, 4.69) is 15.0 Å². The fraction of sp³-hybridized carbons (Fsp3) is 0.211. The Hall–Kier alpha value is -2.77. The number of halogens is 2. The van der Waals surface area contributed by atoms with Gasteiger partial charge in [-0.1, -0.05) is 11.6 Å². The van der Waals surface area contributed by atoms with E-state index in [9.17, 15) is 9.18 Å². The van der Waals surface area contributed by atoms with Gasteiger partial charge in [-0.2, -0.15) is 4.39 Å². The van der Waals surface area contributed by atoms with Gasteiger partial charge in [-0.05, 0) is 30.3 Å². The van der Waals surface area contributed by atoms with E-state index in [-0.39, 0.29) is 5.56 Å². The Morgan fingerprint density at radius 3 is 2.85 bits per heavy atom. The fourth-order valence-corrected chi connectivity index (χ4v) is 3.39. The number of aromatic amines is 1. The van der Waals surface area contributed by atoms with Gasteiger partial charge in [0.1, 0.15) is 5.82 Å². The highest BCUT2D eigenvalue weighted by Gasteiger charge is 2.22. The summed E-state index contributed by atoms with van der Waals surface area (Å²) in [6.45, 7) is 1.39. The van der Waals surface area contributed by atoms with Crippen molar-refractivity contribution in [2.45, 2.75) is 19.5 Å². The Balaban J connectivity index is 1.59. The van der Waals surface area contributed by atoms with Crippen LogP contribution in [0.15, 0.2) is 41.3 Å². The molecule has 0 saturated carbocycles. The monoisotopic (exact) mass is 385 g/mol. The average Bonchev–Trinajstić information content (AvgIpc) is 2.65. The van der Waals surface area contributed by atoms with Crippen molar-refractivity contribution in [2.24, 2.45) is 0 Å². The molecule has 3 N–H and O–H groups in total. The van der Waals surface area contributed by atoms with Crippen LogP contribution in [0.4, 0.5) is 10.1 Å². The molecular weight excluding hydrogens is 369 g/mol. The summed E-state index contributed by atoms with van der Waals surface area (Å²) < 4.78 is 13.9. The van der Waals surface area contributed by atoms with Crippen molar-refractivity contribution >= 4 is 17.3 Å². The van der Waals surface area contributed by atoms with Crippen molar-refractivity contribution in [3.8, 4) is 11.4 Å². The van der Waals surface area contributed by atoms with Crippen molar-refractivity contribution in [1.29, 1.82) is 0 Å². The van der Waals surface area contributed by atoms with Crippen molar-refractivity contribution in [3.05, 3.63) is 74.7 Å². The number of nitrogens with two attached hydrogens (primary N) is 1. The van der Waals surface area contributed by atoms with Crippen LogP contribution in [0.25, 0.3) is 11.4 Å². The molecular formula is C19H17ClFN5O. The smallest absolute Gasteiger partial charge is 0.255 e. The van der Waals surface area contributed by atoms with E-state index in [1.54, 1.807) is 18.2 Å². The number of nitrogen functional groups attached to an aromatic ring is 1. The number of nitrogens with zero attached hydrogens (tertiary/aromatic N) is 3. The van der Waals surface area contributed by atoms with Gasteiger partial charge in [-0.15, -0.1) is 0 Å². The van der Waals surface area contributed by atoms with E-state index in [4.69, 9.17) is 17.3 Å². The summed E-state index contributed by atoms with van der Waals surface area (Å²) in [4.78, 5) is 25.7. The van der Waals surface area contributed by atoms with Crippen molar-refractivity contribution in [2.75, 3.05) is 12.3 Å². The average molecular weight is 386 g/mol. The van der Waals surface area contributed by atoms with Crippen LogP contribution >= 0.6 is 11.6 Å². The molecule has 2 aromatic heterocycles. The van der Waals surface area contributed by atoms with Gasteiger partial charge in [0.25, 0.3) is 5.56 Å². The van der Waals surface area contributed by atoms with Gasteiger partial charge in [0.15, 0.2) is 0 Å². The summed E-state index contributed by atoms with van der Waals surface area (Å²) in [5, 5.41) is 0.386. The van der Waals surface area contributed by atoms with Crippen LogP contribution in [-0.4, -0.2) is 26.4 Å². The number of aromatic nitrogens is 3. The minimum absolute atomic E-state index is 0.179. The third-order valence-electron chi connectivity index (χ3n) is 4.60. The van der Waals surface area contributed by atoms with Gasteiger partial charge in [-0.3, -0.25) is 9.69 Å². The van der Waals surface area contributed by atoms with E-state index >= 15 is 0 Å². The summed E-state index contributed by atoms with van der Waals surface area (Å²) in [7, 11) is 0. The van der Waals surface area contributed by atoms with Crippen molar-refractivity contribution < 1.29 is 4.39 Å². The van der Waals surface area contributed by atoms with Gasteiger partial charge in [0.2, 0.25) is 5.95 Å². The molecule has 8 heteroatoms.